The van der Waals surface area contributed by atoms with Crippen LogP contribution in [-0.2, 0) is 9.53 Å². The number of ether oxygens (including phenoxy) is 1. The summed E-state index contributed by atoms with van der Waals surface area (Å²) in [5.41, 5.74) is 6.79. The van der Waals surface area contributed by atoms with Gasteiger partial charge in [-0.05, 0) is 69.9 Å². The van der Waals surface area contributed by atoms with Crippen LogP contribution in [-0.4, -0.2) is 12.6 Å². The van der Waals surface area contributed by atoms with Crippen molar-refractivity contribution in [3.8, 4) is 0 Å². The second kappa shape index (κ2) is 22.5. The molecular formula is C39H64O2. The summed E-state index contributed by atoms with van der Waals surface area (Å²) in [6, 6.07) is 0. The minimum Gasteiger partial charge on any atom is -0.461 e. The van der Waals surface area contributed by atoms with E-state index in [0.717, 1.165) is 18.4 Å². The second-order valence-electron chi connectivity index (χ2n) is 13.1. The molecule has 0 aromatic carbocycles. The van der Waals surface area contributed by atoms with E-state index in [1.807, 2.05) is 6.92 Å². The van der Waals surface area contributed by atoms with Crippen LogP contribution in [0.25, 0.3) is 0 Å². The number of hydrogen-bond acceptors (Lipinski definition) is 2. The van der Waals surface area contributed by atoms with Crippen molar-refractivity contribution in [1.82, 2.24) is 0 Å². The summed E-state index contributed by atoms with van der Waals surface area (Å²) in [5.74, 6) is -0.0716. The molecule has 1 aliphatic carbocycles. The van der Waals surface area contributed by atoms with Gasteiger partial charge in [0.2, 0.25) is 0 Å². The third-order valence-electron chi connectivity index (χ3n) is 8.35. The molecule has 0 unspecified atom stereocenters. The van der Waals surface area contributed by atoms with Crippen molar-refractivity contribution in [3.05, 3.63) is 70.4 Å². The lowest BCUT2D eigenvalue weighted by atomic mass is 9.72. The van der Waals surface area contributed by atoms with E-state index in [1.54, 1.807) is 0 Å². The van der Waals surface area contributed by atoms with Crippen molar-refractivity contribution >= 4 is 5.97 Å². The topological polar surface area (TPSA) is 26.3 Å². The molecule has 0 fully saturated rings. The SMILES string of the molecule is CCCCCCCCCCCCCCCC(=O)OCC(C)=CC=C(C)C=CC=C(C)C=CC1=C(C)CCCC1(C)C. The summed E-state index contributed by atoms with van der Waals surface area (Å²) in [4.78, 5) is 12.1. The summed E-state index contributed by atoms with van der Waals surface area (Å²) in [5, 5.41) is 0. The van der Waals surface area contributed by atoms with Gasteiger partial charge in [0.1, 0.15) is 6.61 Å². The van der Waals surface area contributed by atoms with Gasteiger partial charge in [-0.15, -0.1) is 0 Å². The highest BCUT2D eigenvalue weighted by molar-refractivity contribution is 5.69. The minimum absolute atomic E-state index is 0.0716. The van der Waals surface area contributed by atoms with Crippen LogP contribution in [0.3, 0.4) is 0 Å². The highest BCUT2D eigenvalue weighted by atomic mass is 16.5. The van der Waals surface area contributed by atoms with Gasteiger partial charge in [-0.25, -0.2) is 0 Å². The van der Waals surface area contributed by atoms with Gasteiger partial charge in [0.15, 0.2) is 0 Å². The zero-order valence-electron chi connectivity index (χ0n) is 28.1. The van der Waals surface area contributed by atoms with Crippen LogP contribution in [0.2, 0.25) is 0 Å². The molecule has 41 heavy (non-hydrogen) atoms. The Morgan fingerprint density at radius 3 is 1.93 bits per heavy atom. The maximum absolute atomic E-state index is 12.1. The number of unbranched alkanes of at least 4 members (excludes halogenated alkanes) is 12. The number of allylic oxidation sites excluding steroid dienone is 11. The molecule has 0 aliphatic heterocycles. The molecule has 0 amide bonds. The van der Waals surface area contributed by atoms with Crippen LogP contribution < -0.4 is 0 Å². The Bertz CT molecular complexity index is 919. The van der Waals surface area contributed by atoms with Gasteiger partial charge in [-0.2, -0.15) is 0 Å². The Balaban J connectivity index is 2.21. The minimum atomic E-state index is -0.0716. The van der Waals surface area contributed by atoms with Gasteiger partial charge >= 0.3 is 5.97 Å². The first-order valence-electron chi connectivity index (χ1n) is 16.9. The van der Waals surface area contributed by atoms with E-state index in [-0.39, 0.29) is 11.4 Å². The molecule has 1 aliphatic rings. The van der Waals surface area contributed by atoms with Crippen molar-refractivity contribution in [1.29, 1.82) is 0 Å². The smallest absolute Gasteiger partial charge is 0.306 e. The van der Waals surface area contributed by atoms with E-state index in [1.165, 1.54) is 112 Å². The summed E-state index contributed by atoms with van der Waals surface area (Å²) in [7, 11) is 0. The van der Waals surface area contributed by atoms with Gasteiger partial charge in [0.05, 0.1) is 0 Å². The first-order chi connectivity index (χ1) is 19.7. The fraction of sp³-hybridized carbons (Fsp3) is 0.667. The van der Waals surface area contributed by atoms with Gasteiger partial charge in [-0.3, -0.25) is 4.79 Å². The Kier molecular flexibility index (Phi) is 20.3. The monoisotopic (exact) mass is 564 g/mol. The van der Waals surface area contributed by atoms with Crippen LogP contribution in [0.1, 0.15) is 158 Å². The van der Waals surface area contributed by atoms with Crippen molar-refractivity contribution in [2.45, 2.75) is 158 Å². The molecule has 2 heteroatoms. The van der Waals surface area contributed by atoms with Crippen molar-refractivity contribution in [2.24, 2.45) is 5.41 Å². The molecule has 232 valence electrons. The molecule has 2 nitrogen and oxygen atoms in total. The molecule has 0 aromatic heterocycles. The third kappa shape index (κ3) is 18.9. The van der Waals surface area contributed by atoms with Crippen LogP contribution in [0.5, 0.6) is 0 Å². The van der Waals surface area contributed by atoms with Crippen molar-refractivity contribution in [3.63, 3.8) is 0 Å². The van der Waals surface area contributed by atoms with E-state index in [9.17, 15) is 4.79 Å². The van der Waals surface area contributed by atoms with E-state index in [2.05, 4.69) is 84.1 Å². The summed E-state index contributed by atoms with van der Waals surface area (Å²) in [6.07, 6.45) is 36.5. The third-order valence-corrected chi connectivity index (χ3v) is 8.35. The van der Waals surface area contributed by atoms with Gasteiger partial charge < -0.3 is 4.74 Å². The fourth-order valence-corrected chi connectivity index (χ4v) is 5.56. The lowest BCUT2D eigenvalue weighted by Gasteiger charge is -2.32. The van der Waals surface area contributed by atoms with E-state index < -0.39 is 0 Å². The largest absolute Gasteiger partial charge is 0.461 e. The molecular weight excluding hydrogens is 500 g/mol. The van der Waals surface area contributed by atoms with Gasteiger partial charge in [0.25, 0.3) is 0 Å². The molecule has 0 atom stereocenters. The Hall–Kier alpha value is -2.09. The molecule has 0 radical (unpaired) electrons. The summed E-state index contributed by atoms with van der Waals surface area (Å²) >= 11 is 0. The first kappa shape index (κ1) is 36.9. The van der Waals surface area contributed by atoms with E-state index in [0.29, 0.717) is 13.0 Å². The average molecular weight is 565 g/mol. The molecule has 0 saturated heterocycles. The normalized spacial score (nSPS) is 16.8. The molecule has 0 bridgehead atoms. The Labute approximate surface area is 255 Å². The van der Waals surface area contributed by atoms with Crippen LogP contribution in [0.15, 0.2) is 70.4 Å². The Morgan fingerprint density at radius 2 is 1.34 bits per heavy atom. The number of carbonyl (C=O) groups excluding carboxylic acids is 1. The van der Waals surface area contributed by atoms with Gasteiger partial charge in [0, 0.05) is 6.42 Å². The predicted octanol–water partition coefficient (Wildman–Crippen LogP) is 12.5. The van der Waals surface area contributed by atoms with E-state index >= 15 is 0 Å². The lowest BCUT2D eigenvalue weighted by molar-refractivity contribution is -0.142. The van der Waals surface area contributed by atoms with Crippen LogP contribution in [0.4, 0.5) is 0 Å². The lowest BCUT2D eigenvalue weighted by Crippen LogP contribution is -2.19. The highest BCUT2D eigenvalue weighted by Gasteiger charge is 2.26. The number of carbonyl (C=O) groups is 1. The zero-order valence-corrected chi connectivity index (χ0v) is 28.1. The van der Waals surface area contributed by atoms with Crippen LogP contribution >= 0.6 is 0 Å². The molecule has 0 N–H and O–H groups in total. The number of hydrogen-bond donors (Lipinski definition) is 0. The average Bonchev–Trinajstić information content (AvgIpc) is 2.92. The van der Waals surface area contributed by atoms with E-state index in [4.69, 9.17) is 4.74 Å². The molecule has 0 saturated carbocycles. The maximum atomic E-state index is 12.1. The van der Waals surface area contributed by atoms with Crippen LogP contribution in [0, 0.1) is 5.41 Å². The Morgan fingerprint density at radius 1 is 0.780 bits per heavy atom. The molecule has 0 spiro atoms. The second-order valence-corrected chi connectivity index (χ2v) is 13.1. The molecule has 0 aromatic rings. The zero-order chi connectivity index (χ0) is 30.3. The van der Waals surface area contributed by atoms with Crippen molar-refractivity contribution in [2.75, 3.05) is 6.61 Å². The van der Waals surface area contributed by atoms with Crippen molar-refractivity contribution < 1.29 is 9.53 Å². The molecule has 0 heterocycles. The summed E-state index contributed by atoms with van der Waals surface area (Å²) < 4.78 is 5.48. The number of rotatable bonds is 21. The number of esters is 1. The maximum Gasteiger partial charge on any atom is 0.306 e. The standard InChI is InChI=1S/C39H64O2/c1-8-9-10-11-12-13-14-15-16-17-18-19-20-26-38(40)41-32-35(4)28-27-33(2)23-21-24-34(3)29-30-37-36(5)25-22-31-39(37,6)7/h21,23-24,27-30H,8-20,22,25-26,31-32H2,1-7H3. The fourth-order valence-electron chi connectivity index (χ4n) is 5.56. The predicted molar refractivity (Wildman–Crippen MR) is 181 cm³/mol. The molecule has 1 rings (SSSR count). The summed E-state index contributed by atoms with van der Waals surface area (Å²) in [6.45, 7) is 15.9. The quantitative estimate of drug-likeness (QED) is 0.0787. The highest BCUT2D eigenvalue weighted by Crippen LogP contribution is 2.40. The van der Waals surface area contributed by atoms with Gasteiger partial charge in [-0.1, -0.05) is 157 Å². The first-order valence-corrected chi connectivity index (χ1v) is 16.9.